The summed E-state index contributed by atoms with van der Waals surface area (Å²) in [5.74, 6) is 1.92. The Bertz CT molecular complexity index is 324. The van der Waals surface area contributed by atoms with Crippen LogP contribution in [0, 0.1) is 5.82 Å². The van der Waals surface area contributed by atoms with E-state index in [1.165, 1.54) is 6.07 Å². The van der Waals surface area contributed by atoms with Crippen molar-refractivity contribution in [3.8, 4) is 0 Å². The van der Waals surface area contributed by atoms with Crippen molar-refractivity contribution in [2.24, 2.45) is 0 Å². The Morgan fingerprint density at radius 3 is 2.64 bits per heavy atom. The SMILES string of the molecule is Nc1ccc(N2CCSCC2)cc1F. The molecular formula is C10H13FN2S. The van der Waals surface area contributed by atoms with Crippen LogP contribution in [0.5, 0.6) is 0 Å². The number of nitrogen functional groups attached to an aromatic ring is 1. The van der Waals surface area contributed by atoms with Crippen LogP contribution in [-0.4, -0.2) is 24.6 Å². The molecule has 14 heavy (non-hydrogen) atoms. The lowest BCUT2D eigenvalue weighted by molar-refractivity contribution is 0.631. The molecule has 4 heteroatoms. The normalized spacial score (nSPS) is 17.1. The fourth-order valence-corrected chi connectivity index (χ4v) is 2.44. The van der Waals surface area contributed by atoms with E-state index < -0.39 is 0 Å². The molecule has 0 spiro atoms. The Morgan fingerprint density at radius 1 is 1.29 bits per heavy atom. The fourth-order valence-electron chi connectivity index (χ4n) is 1.53. The van der Waals surface area contributed by atoms with Gasteiger partial charge in [-0.3, -0.25) is 0 Å². The van der Waals surface area contributed by atoms with Gasteiger partial charge in [-0.1, -0.05) is 0 Å². The molecule has 0 amide bonds. The van der Waals surface area contributed by atoms with Crippen LogP contribution in [0.2, 0.25) is 0 Å². The molecule has 0 saturated carbocycles. The van der Waals surface area contributed by atoms with E-state index in [1.54, 1.807) is 6.07 Å². The third-order valence-corrected chi connectivity index (χ3v) is 3.30. The molecule has 0 unspecified atom stereocenters. The van der Waals surface area contributed by atoms with Crippen molar-refractivity contribution >= 4 is 23.1 Å². The minimum absolute atomic E-state index is 0.222. The van der Waals surface area contributed by atoms with E-state index in [9.17, 15) is 4.39 Å². The number of rotatable bonds is 1. The third-order valence-electron chi connectivity index (χ3n) is 2.36. The second kappa shape index (κ2) is 4.09. The van der Waals surface area contributed by atoms with Crippen LogP contribution in [-0.2, 0) is 0 Å². The van der Waals surface area contributed by atoms with E-state index in [-0.39, 0.29) is 11.5 Å². The second-order valence-electron chi connectivity index (χ2n) is 3.31. The van der Waals surface area contributed by atoms with Crippen molar-refractivity contribution < 1.29 is 4.39 Å². The lowest BCUT2D eigenvalue weighted by atomic mass is 10.2. The number of halogens is 1. The van der Waals surface area contributed by atoms with E-state index in [0.29, 0.717) is 0 Å². The largest absolute Gasteiger partial charge is 0.396 e. The van der Waals surface area contributed by atoms with Crippen molar-refractivity contribution in [3.05, 3.63) is 24.0 Å². The molecule has 1 heterocycles. The summed E-state index contributed by atoms with van der Waals surface area (Å²) in [4.78, 5) is 2.19. The van der Waals surface area contributed by atoms with E-state index in [4.69, 9.17) is 5.73 Å². The average molecular weight is 212 g/mol. The summed E-state index contributed by atoms with van der Waals surface area (Å²) in [6.07, 6.45) is 0. The van der Waals surface area contributed by atoms with Crippen LogP contribution >= 0.6 is 11.8 Å². The van der Waals surface area contributed by atoms with Gasteiger partial charge in [0.05, 0.1) is 5.69 Å². The molecular weight excluding hydrogens is 199 g/mol. The smallest absolute Gasteiger partial charge is 0.148 e. The number of anilines is 2. The first-order chi connectivity index (χ1) is 6.77. The molecule has 0 atom stereocenters. The van der Waals surface area contributed by atoms with Crippen LogP contribution < -0.4 is 10.6 Å². The summed E-state index contributed by atoms with van der Waals surface area (Å²) in [5.41, 5.74) is 6.58. The fraction of sp³-hybridized carbons (Fsp3) is 0.400. The minimum atomic E-state index is -0.319. The summed E-state index contributed by atoms with van der Waals surface area (Å²) in [6, 6.07) is 5.03. The molecule has 0 aliphatic carbocycles. The molecule has 2 rings (SSSR count). The molecule has 0 radical (unpaired) electrons. The van der Waals surface area contributed by atoms with Crippen LogP contribution in [0.3, 0.4) is 0 Å². The van der Waals surface area contributed by atoms with E-state index in [1.807, 2.05) is 17.8 Å². The van der Waals surface area contributed by atoms with E-state index in [0.717, 1.165) is 30.3 Å². The van der Waals surface area contributed by atoms with Crippen molar-refractivity contribution in [1.29, 1.82) is 0 Å². The molecule has 1 aliphatic heterocycles. The van der Waals surface area contributed by atoms with Gasteiger partial charge in [0.1, 0.15) is 5.82 Å². The zero-order valence-electron chi connectivity index (χ0n) is 7.87. The van der Waals surface area contributed by atoms with E-state index >= 15 is 0 Å². The lowest BCUT2D eigenvalue weighted by Crippen LogP contribution is -2.32. The van der Waals surface area contributed by atoms with Crippen LogP contribution in [0.15, 0.2) is 18.2 Å². The van der Waals surface area contributed by atoms with Crippen LogP contribution in [0.4, 0.5) is 15.8 Å². The van der Waals surface area contributed by atoms with Crippen molar-refractivity contribution in [1.82, 2.24) is 0 Å². The number of thioether (sulfide) groups is 1. The summed E-state index contributed by atoms with van der Waals surface area (Å²) in [6.45, 7) is 1.99. The van der Waals surface area contributed by atoms with Gasteiger partial charge in [0.15, 0.2) is 0 Å². The minimum Gasteiger partial charge on any atom is -0.396 e. The van der Waals surface area contributed by atoms with Gasteiger partial charge in [0.25, 0.3) is 0 Å². The highest BCUT2D eigenvalue weighted by Crippen LogP contribution is 2.22. The molecule has 0 aromatic heterocycles. The highest BCUT2D eigenvalue weighted by molar-refractivity contribution is 7.99. The van der Waals surface area contributed by atoms with Gasteiger partial charge in [-0.2, -0.15) is 11.8 Å². The van der Waals surface area contributed by atoms with Gasteiger partial charge >= 0.3 is 0 Å². The molecule has 76 valence electrons. The Labute approximate surface area is 87.3 Å². The second-order valence-corrected chi connectivity index (χ2v) is 4.53. The lowest BCUT2D eigenvalue weighted by Gasteiger charge is -2.28. The first-order valence-corrected chi connectivity index (χ1v) is 5.80. The van der Waals surface area contributed by atoms with Gasteiger partial charge in [0.2, 0.25) is 0 Å². The van der Waals surface area contributed by atoms with Gasteiger partial charge in [-0.15, -0.1) is 0 Å². The third kappa shape index (κ3) is 1.95. The van der Waals surface area contributed by atoms with Gasteiger partial charge in [0, 0.05) is 30.3 Å². The molecule has 2 nitrogen and oxygen atoms in total. The molecule has 1 aromatic carbocycles. The van der Waals surface area contributed by atoms with Gasteiger partial charge in [-0.05, 0) is 18.2 Å². The molecule has 0 bridgehead atoms. The number of nitrogens with zero attached hydrogens (tertiary/aromatic N) is 1. The Hall–Kier alpha value is -0.900. The number of hydrogen-bond acceptors (Lipinski definition) is 3. The van der Waals surface area contributed by atoms with Crippen LogP contribution in [0.25, 0.3) is 0 Å². The van der Waals surface area contributed by atoms with E-state index in [2.05, 4.69) is 4.90 Å². The molecule has 1 aromatic rings. The highest BCUT2D eigenvalue weighted by atomic mass is 32.2. The maximum atomic E-state index is 13.2. The zero-order valence-corrected chi connectivity index (χ0v) is 8.69. The standard InChI is InChI=1S/C10H13FN2S/c11-9-7-8(1-2-10(9)12)13-3-5-14-6-4-13/h1-2,7H,3-6,12H2. The summed E-state index contributed by atoms with van der Waals surface area (Å²) >= 11 is 1.94. The Balaban J connectivity index is 2.18. The topological polar surface area (TPSA) is 29.3 Å². The molecule has 1 saturated heterocycles. The quantitative estimate of drug-likeness (QED) is 0.722. The number of benzene rings is 1. The first-order valence-electron chi connectivity index (χ1n) is 4.65. The maximum Gasteiger partial charge on any atom is 0.148 e. The zero-order chi connectivity index (χ0) is 9.97. The molecule has 1 fully saturated rings. The van der Waals surface area contributed by atoms with Gasteiger partial charge < -0.3 is 10.6 Å². The predicted octanol–water partition coefficient (Wildman–Crippen LogP) is 1.96. The van der Waals surface area contributed by atoms with Crippen LogP contribution in [0.1, 0.15) is 0 Å². The van der Waals surface area contributed by atoms with Gasteiger partial charge in [-0.25, -0.2) is 4.39 Å². The summed E-state index contributed by atoms with van der Waals surface area (Å²) in [5, 5.41) is 0. The number of nitrogens with two attached hydrogens (primary N) is 1. The summed E-state index contributed by atoms with van der Waals surface area (Å²) < 4.78 is 13.2. The first kappa shape index (κ1) is 9.65. The Kier molecular flexibility index (Phi) is 2.82. The van der Waals surface area contributed by atoms with Crippen molar-refractivity contribution in [3.63, 3.8) is 0 Å². The predicted molar refractivity (Wildman–Crippen MR) is 60.4 cm³/mol. The summed E-state index contributed by atoms with van der Waals surface area (Å²) in [7, 11) is 0. The monoisotopic (exact) mass is 212 g/mol. The molecule has 2 N–H and O–H groups in total. The molecule has 1 aliphatic rings. The highest BCUT2D eigenvalue weighted by Gasteiger charge is 2.12. The van der Waals surface area contributed by atoms with Crippen molar-refractivity contribution in [2.75, 3.05) is 35.2 Å². The average Bonchev–Trinajstić information content (AvgIpc) is 2.23. The number of hydrogen-bond donors (Lipinski definition) is 1. The maximum absolute atomic E-state index is 13.2. The Morgan fingerprint density at radius 2 is 2.00 bits per heavy atom. The van der Waals surface area contributed by atoms with Crippen molar-refractivity contribution in [2.45, 2.75) is 0 Å².